The first-order valence-corrected chi connectivity index (χ1v) is 35.8. The van der Waals surface area contributed by atoms with E-state index in [1.54, 1.807) is 0 Å². The average molecular weight is 1320 g/mol. The molecule has 16 aromatic carbocycles. The van der Waals surface area contributed by atoms with Crippen molar-refractivity contribution in [1.82, 2.24) is 0 Å². The summed E-state index contributed by atoms with van der Waals surface area (Å²) in [4.78, 5) is 9.99. The Bertz CT molecular complexity index is 5790. The molecule has 0 heterocycles. The zero-order valence-corrected chi connectivity index (χ0v) is 58.9. The maximum absolute atomic E-state index is 2.58. The van der Waals surface area contributed by atoms with Gasteiger partial charge in [-0.1, -0.05) is 267 Å². The van der Waals surface area contributed by atoms with Gasteiger partial charge >= 0.3 is 0 Å². The predicted molar refractivity (Wildman–Crippen MR) is 438 cm³/mol. The number of nitrogens with zero attached hydrogens (tertiary/aromatic N) is 4. The van der Waals surface area contributed by atoms with E-state index in [1.165, 1.54) is 55.6 Å². The minimum absolute atomic E-state index is 0.471. The van der Waals surface area contributed by atoms with E-state index in [9.17, 15) is 0 Å². The third-order valence-corrected chi connectivity index (χ3v) is 20.8. The van der Waals surface area contributed by atoms with Crippen LogP contribution in [0.1, 0.15) is 47.2 Å². The monoisotopic (exact) mass is 1320 g/mol. The quantitative estimate of drug-likeness (QED) is 0.0706. The van der Waals surface area contributed by atoms with Crippen LogP contribution < -0.4 is 19.6 Å². The van der Waals surface area contributed by atoms with E-state index in [2.05, 4.69) is 425 Å². The Morgan fingerprint density at radius 3 is 0.835 bits per heavy atom. The molecule has 494 valence electrons. The average Bonchev–Trinajstić information content (AvgIpc) is 1.67. The first-order valence-electron chi connectivity index (χ1n) is 35.8. The summed E-state index contributed by atoms with van der Waals surface area (Å²) < 4.78 is 0. The highest BCUT2D eigenvalue weighted by atomic mass is 15.2. The fourth-order valence-corrected chi connectivity index (χ4v) is 15.5. The zero-order chi connectivity index (χ0) is 69.7. The molecule has 4 heteroatoms. The second kappa shape index (κ2) is 26.7. The van der Waals surface area contributed by atoms with Gasteiger partial charge in [0.25, 0.3) is 0 Å². The Labute approximate surface area is 605 Å². The van der Waals surface area contributed by atoms with Gasteiger partial charge < -0.3 is 19.6 Å². The molecule has 0 saturated heterocycles. The van der Waals surface area contributed by atoms with Crippen LogP contribution in [0.15, 0.2) is 364 Å². The van der Waals surface area contributed by atoms with Crippen LogP contribution in [0.5, 0.6) is 0 Å². The molecule has 0 fully saturated rings. The SMILES string of the molecule is Cc1ccc(N(c2cccc(-c3ccccc3)c2)c2ccc3c(c2)C(C)(C)c2cc4c(N(c5ccc(C)cc5)c5cccc(-c6ccccc6)c5)c5ccc(N(c6ccc(C)cc6)c6cccc(-c7ccccc7)c6)cc5c(N(c5ccc(C)cc5)c5cccc(-c6ccccc6)c5)c4cc2-3)cc1. The minimum atomic E-state index is -0.471. The van der Waals surface area contributed by atoms with E-state index in [1.807, 2.05) is 0 Å². The van der Waals surface area contributed by atoms with Gasteiger partial charge in [-0.3, -0.25) is 0 Å². The van der Waals surface area contributed by atoms with Crippen molar-refractivity contribution < 1.29 is 0 Å². The van der Waals surface area contributed by atoms with E-state index in [-0.39, 0.29) is 0 Å². The first-order chi connectivity index (χ1) is 50.4. The molecule has 4 nitrogen and oxygen atoms in total. The lowest BCUT2D eigenvalue weighted by molar-refractivity contribution is 0.661. The lowest BCUT2D eigenvalue weighted by Gasteiger charge is -2.34. The van der Waals surface area contributed by atoms with Crippen LogP contribution in [0.3, 0.4) is 0 Å². The Morgan fingerprint density at radius 1 is 0.184 bits per heavy atom. The Hall–Kier alpha value is -12.8. The van der Waals surface area contributed by atoms with Crippen LogP contribution in [0, 0.1) is 27.7 Å². The lowest BCUT2D eigenvalue weighted by atomic mass is 9.81. The van der Waals surface area contributed by atoms with E-state index in [0.29, 0.717) is 0 Å². The highest BCUT2D eigenvalue weighted by molar-refractivity contribution is 6.25. The summed E-state index contributed by atoms with van der Waals surface area (Å²) >= 11 is 0. The van der Waals surface area contributed by atoms with Crippen LogP contribution >= 0.6 is 0 Å². The molecule has 1 aliphatic carbocycles. The largest absolute Gasteiger partial charge is 0.310 e. The smallest absolute Gasteiger partial charge is 0.0620 e. The highest BCUT2D eigenvalue weighted by Crippen LogP contribution is 2.58. The normalized spacial score (nSPS) is 12.1. The summed E-state index contributed by atoms with van der Waals surface area (Å²) in [5, 5.41) is 4.41. The van der Waals surface area contributed by atoms with Crippen molar-refractivity contribution in [1.29, 1.82) is 0 Å². The summed E-state index contributed by atoms with van der Waals surface area (Å²) in [6, 6.07) is 135. The van der Waals surface area contributed by atoms with Crippen molar-refractivity contribution >= 4 is 89.8 Å². The second-order valence-corrected chi connectivity index (χ2v) is 28.1. The number of rotatable bonds is 16. The molecular formula is C99H78N4. The van der Waals surface area contributed by atoms with Crippen LogP contribution in [0.2, 0.25) is 0 Å². The number of hydrogen-bond donors (Lipinski definition) is 0. The van der Waals surface area contributed by atoms with Crippen molar-refractivity contribution in [3.63, 3.8) is 0 Å². The van der Waals surface area contributed by atoms with Crippen LogP contribution in [0.25, 0.3) is 77.2 Å². The molecule has 16 aromatic rings. The van der Waals surface area contributed by atoms with E-state index < -0.39 is 5.41 Å². The molecule has 0 aliphatic heterocycles. The summed E-state index contributed by atoms with van der Waals surface area (Å²) in [5.74, 6) is 0. The van der Waals surface area contributed by atoms with E-state index in [4.69, 9.17) is 0 Å². The van der Waals surface area contributed by atoms with Crippen LogP contribution in [0.4, 0.5) is 68.2 Å². The molecule has 0 atom stereocenters. The molecule has 0 bridgehead atoms. The Balaban J connectivity index is 0.998. The molecule has 1 aliphatic rings. The summed E-state index contributed by atoms with van der Waals surface area (Å²) in [6.07, 6.45) is 0. The van der Waals surface area contributed by atoms with E-state index in [0.717, 1.165) is 123 Å². The third-order valence-electron chi connectivity index (χ3n) is 20.8. The van der Waals surface area contributed by atoms with Crippen molar-refractivity contribution in [2.45, 2.75) is 47.0 Å². The molecular weight excluding hydrogens is 1250 g/mol. The molecule has 0 saturated carbocycles. The van der Waals surface area contributed by atoms with Crippen LogP contribution in [-0.2, 0) is 5.41 Å². The predicted octanol–water partition coefficient (Wildman–Crippen LogP) is 28.1. The van der Waals surface area contributed by atoms with Crippen molar-refractivity contribution in [3.8, 4) is 55.6 Å². The van der Waals surface area contributed by atoms with Gasteiger partial charge in [-0.15, -0.1) is 0 Å². The molecule has 0 spiro atoms. The van der Waals surface area contributed by atoms with Gasteiger partial charge in [0, 0.05) is 83.8 Å². The van der Waals surface area contributed by atoms with Gasteiger partial charge in [0.2, 0.25) is 0 Å². The van der Waals surface area contributed by atoms with Gasteiger partial charge in [-0.05, 0) is 228 Å². The van der Waals surface area contributed by atoms with Gasteiger partial charge in [-0.25, -0.2) is 0 Å². The highest BCUT2D eigenvalue weighted by Gasteiger charge is 2.39. The lowest BCUT2D eigenvalue weighted by Crippen LogP contribution is -2.18. The first kappa shape index (κ1) is 63.7. The van der Waals surface area contributed by atoms with Crippen molar-refractivity contribution in [3.05, 3.63) is 397 Å². The molecule has 0 unspecified atom stereocenters. The standard InChI is InChI=1S/C99H78N4/c1-67-39-47-79(48-40-67)100(83-35-19-31-75(59-83)71-23-11-7-12-24-71)87-56-58-90-92(63-87)98(103(82-53-45-70(4)46-54-82)86-38-22-34-78(62-86)74-29-17-10-18-30-74)93-65-91-89-57-55-88(101(80-49-41-68(2)42-50-80)84-36-20-32-76(60-84)72-25-13-8-14-26-72)64-95(89)99(5,6)96(91)66-94(93)97(90)102(81-51-43-69(3)44-52-81)85-37-21-33-77(61-85)73-27-15-9-16-28-73/h7-66H,1-6H3. The summed E-state index contributed by atoms with van der Waals surface area (Å²) in [5.41, 5.74) is 31.3. The van der Waals surface area contributed by atoms with Gasteiger partial charge in [0.15, 0.2) is 0 Å². The fourth-order valence-electron chi connectivity index (χ4n) is 15.5. The molecule has 0 radical (unpaired) electrons. The minimum Gasteiger partial charge on any atom is -0.310 e. The topological polar surface area (TPSA) is 13.0 Å². The maximum Gasteiger partial charge on any atom is 0.0620 e. The number of hydrogen-bond acceptors (Lipinski definition) is 4. The molecule has 17 rings (SSSR count). The number of benzene rings is 16. The maximum atomic E-state index is 2.58. The number of fused-ring (bicyclic) bond motifs is 5. The second-order valence-electron chi connectivity index (χ2n) is 28.1. The summed E-state index contributed by atoms with van der Waals surface area (Å²) in [6.45, 7) is 13.6. The molecule has 103 heavy (non-hydrogen) atoms. The molecule has 0 N–H and O–H groups in total. The van der Waals surface area contributed by atoms with Crippen molar-refractivity contribution in [2.24, 2.45) is 0 Å². The van der Waals surface area contributed by atoms with Crippen molar-refractivity contribution in [2.75, 3.05) is 19.6 Å². The number of anilines is 12. The Kier molecular flexibility index (Phi) is 16.5. The Morgan fingerprint density at radius 2 is 0.456 bits per heavy atom. The summed E-state index contributed by atoms with van der Waals surface area (Å²) in [7, 11) is 0. The molecule has 0 amide bonds. The van der Waals surface area contributed by atoms with Gasteiger partial charge in [0.1, 0.15) is 0 Å². The van der Waals surface area contributed by atoms with E-state index >= 15 is 0 Å². The fraction of sp³-hybridized carbons (Fsp3) is 0.0707. The van der Waals surface area contributed by atoms with Gasteiger partial charge in [-0.2, -0.15) is 0 Å². The third kappa shape index (κ3) is 12.1. The number of aryl methyl sites for hydroxylation is 4. The zero-order valence-electron chi connectivity index (χ0n) is 58.9. The molecule has 0 aromatic heterocycles. The van der Waals surface area contributed by atoms with Gasteiger partial charge in [0.05, 0.1) is 11.4 Å². The van der Waals surface area contributed by atoms with Crippen LogP contribution in [-0.4, -0.2) is 0 Å².